The monoisotopic (exact) mass is 238 g/mol. The number of nitrogens with two attached hydrogens (primary N) is 1. The molecule has 2 N–H and O–H groups in total. The highest BCUT2D eigenvalue weighted by molar-refractivity contribution is 7.89. The summed E-state index contributed by atoms with van der Waals surface area (Å²) in [6.45, 7) is 0. The van der Waals surface area contributed by atoms with Crippen LogP contribution in [-0.2, 0) is 17.1 Å². The quantitative estimate of drug-likeness (QED) is 0.805. The predicted octanol–water partition coefficient (Wildman–Crippen LogP) is 0.129. The topological polar surface area (TPSA) is 90.9 Å². The van der Waals surface area contributed by atoms with E-state index in [-0.39, 0.29) is 4.90 Å². The molecule has 0 saturated carbocycles. The summed E-state index contributed by atoms with van der Waals surface area (Å²) in [6, 6.07) is 6.17. The summed E-state index contributed by atoms with van der Waals surface area (Å²) in [7, 11) is -1.83. The third kappa shape index (κ3) is 1.95. The van der Waals surface area contributed by atoms with Crippen molar-refractivity contribution in [3.8, 4) is 11.4 Å². The molecule has 7 heteroatoms. The van der Waals surface area contributed by atoms with E-state index < -0.39 is 10.0 Å². The highest BCUT2D eigenvalue weighted by Gasteiger charge is 2.09. The molecule has 0 aliphatic rings. The van der Waals surface area contributed by atoms with Gasteiger partial charge in [0.15, 0.2) is 5.82 Å². The van der Waals surface area contributed by atoms with E-state index in [9.17, 15) is 8.42 Å². The molecule has 0 bridgehead atoms. The number of hydrogen-bond acceptors (Lipinski definition) is 4. The Kier molecular flexibility index (Phi) is 2.49. The zero-order chi connectivity index (χ0) is 11.8. The zero-order valence-electron chi connectivity index (χ0n) is 8.53. The van der Waals surface area contributed by atoms with Gasteiger partial charge in [0.1, 0.15) is 6.33 Å². The van der Waals surface area contributed by atoms with Crippen LogP contribution in [0.4, 0.5) is 0 Å². The number of hydrogen-bond donors (Lipinski definition) is 1. The molecule has 84 valence electrons. The van der Waals surface area contributed by atoms with E-state index in [2.05, 4.69) is 10.2 Å². The maximum Gasteiger partial charge on any atom is 0.238 e. The van der Waals surface area contributed by atoms with E-state index in [0.717, 1.165) is 5.56 Å². The fourth-order valence-corrected chi connectivity index (χ4v) is 1.85. The fraction of sp³-hybridized carbons (Fsp3) is 0.111. The van der Waals surface area contributed by atoms with Crippen molar-refractivity contribution in [2.24, 2.45) is 12.2 Å². The van der Waals surface area contributed by atoms with Crippen LogP contribution in [0, 0.1) is 0 Å². The Bertz CT molecular complexity index is 601. The Balaban J connectivity index is 2.45. The van der Waals surface area contributed by atoms with Crippen molar-refractivity contribution in [3.05, 3.63) is 30.6 Å². The normalized spacial score (nSPS) is 11.6. The molecule has 16 heavy (non-hydrogen) atoms. The van der Waals surface area contributed by atoms with Gasteiger partial charge in [-0.15, -0.1) is 10.2 Å². The maximum atomic E-state index is 11.0. The largest absolute Gasteiger partial charge is 0.317 e. The molecule has 0 spiro atoms. The number of nitrogens with zero attached hydrogens (tertiary/aromatic N) is 3. The molecule has 1 aromatic heterocycles. The average Bonchev–Trinajstić information content (AvgIpc) is 2.63. The molecule has 1 aromatic carbocycles. The molecule has 0 amide bonds. The van der Waals surface area contributed by atoms with Gasteiger partial charge in [-0.25, -0.2) is 13.6 Å². The van der Waals surface area contributed by atoms with E-state index in [4.69, 9.17) is 5.14 Å². The van der Waals surface area contributed by atoms with Crippen molar-refractivity contribution in [1.29, 1.82) is 0 Å². The molecular formula is C9H10N4O2S. The molecule has 0 saturated heterocycles. The fourth-order valence-electron chi connectivity index (χ4n) is 1.34. The van der Waals surface area contributed by atoms with E-state index in [1.165, 1.54) is 12.1 Å². The van der Waals surface area contributed by atoms with Gasteiger partial charge in [0.05, 0.1) is 4.90 Å². The molecule has 6 nitrogen and oxygen atoms in total. The van der Waals surface area contributed by atoms with Crippen molar-refractivity contribution in [3.63, 3.8) is 0 Å². The molecular weight excluding hydrogens is 228 g/mol. The first kappa shape index (κ1) is 10.8. The van der Waals surface area contributed by atoms with Gasteiger partial charge in [0, 0.05) is 12.6 Å². The first-order chi connectivity index (χ1) is 7.48. The van der Waals surface area contributed by atoms with Crippen LogP contribution in [0.2, 0.25) is 0 Å². The lowest BCUT2D eigenvalue weighted by molar-refractivity contribution is 0.598. The summed E-state index contributed by atoms with van der Waals surface area (Å²) in [5.41, 5.74) is 0.785. The Labute approximate surface area is 92.8 Å². The summed E-state index contributed by atoms with van der Waals surface area (Å²) in [4.78, 5) is 0.0819. The first-order valence-electron chi connectivity index (χ1n) is 4.46. The number of aryl methyl sites for hydroxylation is 1. The molecule has 0 fully saturated rings. The Morgan fingerprint density at radius 1 is 1.25 bits per heavy atom. The van der Waals surface area contributed by atoms with Crippen LogP contribution in [0.25, 0.3) is 11.4 Å². The number of rotatable bonds is 2. The molecule has 0 unspecified atom stereocenters. The summed E-state index contributed by atoms with van der Waals surface area (Å²) >= 11 is 0. The summed E-state index contributed by atoms with van der Waals surface area (Å²) in [6.07, 6.45) is 1.57. The smallest absolute Gasteiger partial charge is 0.238 e. The lowest BCUT2D eigenvalue weighted by Crippen LogP contribution is -2.11. The van der Waals surface area contributed by atoms with Crippen LogP contribution in [-0.4, -0.2) is 23.2 Å². The summed E-state index contributed by atoms with van der Waals surface area (Å²) in [5.74, 6) is 0.668. The van der Waals surface area contributed by atoms with Crippen LogP contribution in [0.3, 0.4) is 0 Å². The van der Waals surface area contributed by atoms with Crippen LogP contribution in [0.1, 0.15) is 0 Å². The van der Waals surface area contributed by atoms with Gasteiger partial charge in [-0.2, -0.15) is 0 Å². The van der Waals surface area contributed by atoms with Gasteiger partial charge in [0.2, 0.25) is 10.0 Å². The molecule has 0 aliphatic heterocycles. The van der Waals surface area contributed by atoms with E-state index in [0.29, 0.717) is 5.82 Å². The molecule has 1 heterocycles. The van der Waals surface area contributed by atoms with Gasteiger partial charge >= 0.3 is 0 Å². The molecule has 0 aliphatic carbocycles. The number of primary sulfonamides is 1. The minimum Gasteiger partial charge on any atom is -0.317 e. The lowest BCUT2D eigenvalue weighted by atomic mass is 10.2. The second kappa shape index (κ2) is 3.69. The van der Waals surface area contributed by atoms with Gasteiger partial charge in [-0.05, 0) is 24.3 Å². The summed E-state index contributed by atoms with van der Waals surface area (Å²) < 4.78 is 23.8. The van der Waals surface area contributed by atoms with Crippen molar-refractivity contribution in [2.75, 3.05) is 0 Å². The average molecular weight is 238 g/mol. The van der Waals surface area contributed by atoms with Crippen molar-refractivity contribution in [2.45, 2.75) is 4.90 Å². The Hall–Kier alpha value is -1.73. The Morgan fingerprint density at radius 2 is 1.88 bits per heavy atom. The first-order valence-corrected chi connectivity index (χ1v) is 6.00. The van der Waals surface area contributed by atoms with Crippen LogP contribution in [0.15, 0.2) is 35.5 Å². The second-order valence-corrected chi connectivity index (χ2v) is 4.90. The molecule has 0 atom stereocenters. The lowest BCUT2D eigenvalue weighted by Gasteiger charge is -2.01. The van der Waals surface area contributed by atoms with Gasteiger partial charge < -0.3 is 4.57 Å². The minimum absolute atomic E-state index is 0.0819. The van der Waals surface area contributed by atoms with Crippen molar-refractivity contribution in [1.82, 2.24) is 14.8 Å². The highest BCUT2D eigenvalue weighted by Crippen LogP contribution is 2.17. The van der Waals surface area contributed by atoms with Crippen molar-refractivity contribution >= 4 is 10.0 Å². The number of sulfonamides is 1. The third-order valence-corrected chi connectivity index (χ3v) is 3.08. The minimum atomic E-state index is -3.64. The van der Waals surface area contributed by atoms with Gasteiger partial charge in [-0.3, -0.25) is 0 Å². The van der Waals surface area contributed by atoms with Crippen LogP contribution in [0.5, 0.6) is 0 Å². The molecule has 2 rings (SSSR count). The molecule has 2 aromatic rings. The summed E-state index contributed by atoms with van der Waals surface area (Å²) in [5, 5.41) is 12.6. The second-order valence-electron chi connectivity index (χ2n) is 3.33. The van der Waals surface area contributed by atoms with Gasteiger partial charge in [-0.1, -0.05) is 0 Å². The zero-order valence-corrected chi connectivity index (χ0v) is 9.35. The SMILES string of the molecule is Cn1cnnc1-c1ccc(S(N)(=O)=O)cc1. The highest BCUT2D eigenvalue weighted by atomic mass is 32.2. The van der Waals surface area contributed by atoms with Gasteiger partial charge in [0.25, 0.3) is 0 Å². The van der Waals surface area contributed by atoms with Crippen LogP contribution >= 0.6 is 0 Å². The van der Waals surface area contributed by atoms with E-state index in [1.54, 1.807) is 23.0 Å². The van der Waals surface area contributed by atoms with E-state index >= 15 is 0 Å². The van der Waals surface area contributed by atoms with E-state index in [1.807, 2.05) is 7.05 Å². The number of aromatic nitrogens is 3. The predicted molar refractivity (Wildman–Crippen MR) is 57.8 cm³/mol. The maximum absolute atomic E-state index is 11.0. The Morgan fingerprint density at radius 3 is 2.31 bits per heavy atom. The van der Waals surface area contributed by atoms with Crippen LogP contribution < -0.4 is 5.14 Å². The number of benzene rings is 1. The molecule has 0 radical (unpaired) electrons. The standard InChI is InChI=1S/C9H10N4O2S/c1-13-6-11-12-9(13)7-2-4-8(5-3-7)16(10,14)15/h2-6H,1H3,(H2,10,14,15). The third-order valence-electron chi connectivity index (χ3n) is 2.15. The van der Waals surface area contributed by atoms with Crippen molar-refractivity contribution < 1.29 is 8.42 Å².